The van der Waals surface area contributed by atoms with Gasteiger partial charge in [0, 0.05) is 56.8 Å². The van der Waals surface area contributed by atoms with Crippen molar-refractivity contribution >= 4 is 11.6 Å². The van der Waals surface area contributed by atoms with Gasteiger partial charge in [-0.05, 0) is 35.4 Å². The lowest BCUT2D eigenvalue weighted by molar-refractivity contribution is 0.106. The van der Waals surface area contributed by atoms with E-state index in [1.807, 2.05) is 24.3 Å². The number of halogens is 2. The minimum absolute atomic E-state index is 0.178. The highest BCUT2D eigenvalue weighted by Gasteiger charge is 2.20. The van der Waals surface area contributed by atoms with Gasteiger partial charge in [-0.25, -0.2) is 4.39 Å². The van der Waals surface area contributed by atoms with E-state index in [4.69, 9.17) is 16.3 Å². The Morgan fingerprint density at radius 2 is 1.58 bits per heavy atom. The van der Waals surface area contributed by atoms with Crippen LogP contribution in [0.3, 0.4) is 0 Å². The van der Waals surface area contributed by atoms with E-state index in [2.05, 4.69) is 40.1 Å². The number of benzene rings is 3. The van der Waals surface area contributed by atoms with Crippen molar-refractivity contribution in [2.45, 2.75) is 19.1 Å². The summed E-state index contributed by atoms with van der Waals surface area (Å²) in [7, 11) is 0. The zero-order valence-corrected chi connectivity index (χ0v) is 18.3. The second-order valence-corrected chi connectivity index (χ2v) is 8.45. The first-order valence-electron chi connectivity index (χ1n) is 10.8. The molecule has 0 saturated carbocycles. The normalized spacial score (nSPS) is 16.2. The highest BCUT2D eigenvalue weighted by molar-refractivity contribution is 6.30. The minimum atomic E-state index is -0.295. The molecule has 0 aromatic heterocycles. The minimum Gasteiger partial charge on any atom is -0.486 e. The Hall–Kier alpha value is -2.40. The summed E-state index contributed by atoms with van der Waals surface area (Å²) in [5.74, 6) is 0.245. The molecule has 0 bridgehead atoms. The van der Waals surface area contributed by atoms with Crippen LogP contribution in [0.5, 0.6) is 5.75 Å². The zero-order valence-electron chi connectivity index (χ0n) is 17.6. The third-order valence-corrected chi connectivity index (χ3v) is 5.95. The Labute approximate surface area is 189 Å². The lowest BCUT2D eigenvalue weighted by Gasteiger charge is -2.35. The van der Waals surface area contributed by atoms with Crippen LogP contribution in [0.1, 0.15) is 23.7 Å². The van der Waals surface area contributed by atoms with Crippen molar-refractivity contribution in [2.75, 3.05) is 32.7 Å². The summed E-state index contributed by atoms with van der Waals surface area (Å²) in [6, 6.07) is 24.7. The number of rotatable bonds is 8. The molecule has 1 aliphatic heterocycles. The molecule has 3 aromatic carbocycles. The summed E-state index contributed by atoms with van der Waals surface area (Å²) < 4.78 is 19.8. The molecular weight excluding hydrogens is 411 g/mol. The fourth-order valence-corrected chi connectivity index (χ4v) is 4.22. The number of hydrogen-bond donors (Lipinski definition) is 0. The van der Waals surface area contributed by atoms with Gasteiger partial charge in [0.1, 0.15) is 17.7 Å². The highest BCUT2D eigenvalue weighted by Crippen LogP contribution is 2.27. The quantitative estimate of drug-likeness (QED) is 0.441. The van der Waals surface area contributed by atoms with Crippen LogP contribution in [0, 0.1) is 5.82 Å². The fraction of sp³-hybridized carbons (Fsp3) is 0.308. The molecule has 0 aliphatic carbocycles. The van der Waals surface area contributed by atoms with Crippen LogP contribution in [0.2, 0.25) is 5.02 Å². The summed E-state index contributed by atoms with van der Waals surface area (Å²) in [6.45, 7) is 6.11. The predicted molar refractivity (Wildman–Crippen MR) is 124 cm³/mol. The van der Waals surface area contributed by atoms with Gasteiger partial charge in [-0.15, -0.1) is 0 Å². The van der Waals surface area contributed by atoms with Gasteiger partial charge in [0.05, 0.1) is 0 Å². The van der Waals surface area contributed by atoms with Crippen LogP contribution in [-0.4, -0.2) is 42.5 Å². The number of hydrogen-bond acceptors (Lipinski definition) is 3. The summed E-state index contributed by atoms with van der Waals surface area (Å²) >= 11 is 6.22. The second kappa shape index (κ2) is 10.8. The molecule has 0 spiro atoms. The number of nitrogens with zero attached hydrogens (tertiary/aromatic N) is 2. The molecule has 4 rings (SSSR count). The van der Waals surface area contributed by atoms with E-state index in [-0.39, 0.29) is 11.9 Å². The van der Waals surface area contributed by atoms with E-state index in [0.29, 0.717) is 10.8 Å². The number of ether oxygens (including phenoxy) is 1. The smallest absolute Gasteiger partial charge is 0.126 e. The molecule has 31 heavy (non-hydrogen) atoms. The topological polar surface area (TPSA) is 15.7 Å². The maximum atomic E-state index is 13.6. The van der Waals surface area contributed by atoms with Gasteiger partial charge < -0.3 is 9.64 Å². The maximum absolute atomic E-state index is 13.6. The van der Waals surface area contributed by atoms with Crippen LogP contribution in [-0.2, 0) is 6.54 Å². The van der Waals surface area contributed by atoms with Gasteiger partial charge in [-0.1, -0.05) is 60.1 Å². The van der Waals surface area contributed by atoms with Crippen molar-refractivity contribution in [3.05, 3.63) is 101 Å². The summed E-state index contributed by atoms with van der Waals surface area (Å²) in [4.78, 5) is 4.98. The molecule has 1 heterocycles. The Morgan fingerprint density at radius 1 is 0.839 bits per heavy atom. The first-order chi connectivity index (χ1) is 15.2. The molecule has 1 fully saturated rings. The maximum Gasteiger partial charge on any atom is 0.126 e. The Morgan fingerprint density at radius 3 is 2.32 bits per heavy atom. The molecule has 5 heteroatoms. The van der Waals surface area contributed by atoms with Crippen molar-refractivity contribution < 1.29 is 9.13 Å². The van der Waals surface area contributed by atoms with Crippen LogP contribution in [0.15, 0.2) is 78.9 Å². The second-order valence-electron chi connectivity index (χ2n) is 8.01. The monoisotopic (exact) mass is 438 g/mol. The lowest BCUT2D eigenvalue weighted by atomic mass is 10.1. The van der Waals surface area contributed by atoms with Gasteiger partial charge in [0.15, 0.2) is 0 Å². The Kier molecular flexibility index (Phi) is 7.57. The molecular formula is C26H28ClFN2O. The van der Waals surface area contributed by atoms with Crippen molar-refractivity contribution in [2.24, 2.45) is 0 Å². The molecule has 162 valence electrons. The van der Waals surface area contributed by atoms with Gasteiger partial charge in [-0.3, -0.25) is 4.90 Å². The SMILES string of the molecule is Fc1cccc(OC(CCN2CCN(Cc3ccccc3)CC2)c2cccc(Cl)c2)c1. The van der Waals surface area contributed by atoms with Crippen LogP contribution in [0.4, 0.5) is 4.39 Å². The predicted octanol–water partition coefficient (Wildman–Crippen LogP) is 5.81. The molecule has 0 radical (unpaired) electrons. The molecule has 0 amide bonds. The summed E-state index contributed by atoms with van der Waals surface area (Å²) in [5, 5.41) is 0.680. The van der Waals surface area contributed by atoms with Gasteiger partial charge >= 0.3 is 0 Å². The Bertz CT molecular complexity index is 960. The third-order valence-electron chi connectivity index (χ3n) is 5.72. The molecule has 1 aliphatic rings. The van der Waals surface area contributed by atoms with Crippen molar-refractivity contribution in [1.82, 2.24) is 9.80 Å². The van der Waals surface area contributed by atoms with E-state index in [0.717, 1.165) is 51.3 Å². The zero-order chi connectivity index (χ0) is 21.5. The van der Waals surface area contributed by atoms with Crippen LogP contribution in [0.25, 0.3) is 0 Å². The third kappa shape index (κ3) is 6.54. The van der Waals surface area contributed by atoms with Crippen LogP contribution < -0.4 is 4.74 Å². The van der Waals surface area contributed by atoms with Crippen molar-refractivity contribution in [1.29, 1.82) is 0 Å². The fourth-order valence-electron chi connectivity index (χ4n) is 4.02. The average molecular weight is 439 g/mol. The average Bonchev–Trinajstić information content (AvgIpc) is 2.78. The molecule has 0 N–H and O–H groups in total. The largest absolute Gasteiger partial charge is 0.486 e. The van der Waals surface area contributed by atoms with Crippen LogP contribution >= 0.6 is 11.6 Å². The molecule has 1 unspecified atom stereocenters. The molecule has 3 nitrogen and oxygen atoms in total. The molecule has 3 aromatic rings. The molecule has 1 saturated heterocycles. The van der Waals surface area contributed by atoms with E-state index in [9.17, 15) is 4.39 Å². The number of piperazine rings is 1. The Balaban J connectivity index is 1.34. The standard InChI is InChI=1S/C26H28ClFN2O/c27-23-9-4-8-22(18-23)26(31-25-11-5-10-24(28)19-25)12-13-29-14-16-30(17-15-29)20-21-6-2-1-3-7-21/h1-11,18-19,26H,12-17,20H2. The van der Waals surface area contributed by atoms with E-state index in [1.165, 1.54) is 17.7 Å². The van der Waals surface area contributed by atoms with E-state index in [1.54, 1.807) is 12.1 Å². The van der Waals surface area contributed by atoms with Gasteiger partial charge in [0.25, 0.3) is 0 Å². The summed E-state index contributed by atoms with van der Waals surface area (Å²) in [6.07, 6.45) is 0.637. The van der Waals surface area contributed by atoms with Crippen molar-refractivity contribution in [3.63, 3.8) is 0 Å². The first-order valence-corrected chi connectivity index (χ1v) is 11.2. The van der Waals surface area contributed by atoms with Crippen molar-refractivity contribution in [3.8, 4) is 5.75 Å². The summed E-state index contributed by atoms with van der Waals surface area (Å²) in [5.41, 5.74) is 2.37. The van der Waals surface area contributed by atoms with Gasteiger partial charge in [-0.2, -0.15) is 0 Å². The molecule has 1 atom stereocenters. The van der Waals surface area contributed by atoms with Gasteiger partial charge in [0.2, 0.25) is 0 Å². The van der Waals surface area contributed by atoms with E-state index >= 15 is 0 Å². The first kappa shape index (κ1) is 21.8. The highest BCUT2D eigenvalue weighted by atomic mass is 35.5. The van der Waals surface area contributed by atoms with E-state index < -0.39 is 0 Å². The lowest BCUT2D eigenvalue weighted by Crippen LogP contribution is -2.46.